The predicted molar refractivity (Wildman–Crippen MR) is 79.3 cm³/mol. The Kier molecular flexibility index (Phi) is 4.56. The monoisotopic (exact) mass is 284 g/mol. The lowest BCUT2D eigenvalue weighted by Gasteiger charge is -2.14. The Labute approximate surface area is 123 Å². The Hall–Kier alpha value is -2.38. The van der Waals surface area contributed by atoms with Crippen LogP contribution < -0.4 is 10.5 Å². The zero-order chi connectivity index (χ0) is 15.4. The van der Waals surface area contributed by atoms with Gasteiger partial charge in [0, 0.05) is 12.1 Å². The van der Waals surface area contributed by atoms with Crippen molar-refractivity contribution in [2.24, 2.45) is 5.73 Å². The van der Waals surface area contributed by atoms with Gasteiger partial charge in [-0.15, -0.1) is 0 Å². The van der Waals surface area contributed by atoms with Crippen LogP contribution in [0.1, 0.15) is 27.8 Å². The Balaban J connectivity index is 2.23. The van der Waals surface area contributed by atoms with Crippen molar-refractivity contribution >= 4 is 0 Å². The number of hydrogen-bond donors (Lipinski definition) is 1. The molecule has 0 heterocycles. The number of aryl methyl sites for hydroxylation is 2. The fourth-order valence-electron chi connectivity index (χ4n) is 2.29. The molecule has 2 rings (SSSR count). The number of hydrogen-bond acceptors (Lipinski definition) is 3. The zero-order valence-electron chi connectivity index (χ0n) is 12.1. The average Bonchev–Trinajstić information content (AvgIpc) is 2.47. The Morgan fingerprint density at radius 1 is 1.19 bits per heavy atom. The van der Waals surface area contributed by atoms with Crippen LogP contribution in [0, 0.1) is 31.0 Å². The quantitative estimate of drug-likeness (QED) is 0.936. The minimum Gasteiger partial charge on any atom is -0.488 e. The molecule has 108 valence electrons. The highest BCUT2D eigenvalue weighted by Crippen LogP contribution is 2.26. The molecular formula is C17H17FN2O. The molecule has 0 atom stereocenters. The molecule has 0 spiro atoms. The molecule has 0 aliphatic carbocycles. The molecule has 2 aromatic rings. The van der Waals surface area contributed by atoms with Crippen molar-refractivity contribution in [1.82, 2.24) is 0 Å². The van der Waals surface area contributed by atoms with Gasteiger partial charge >= 0.3 is 0 Å². The third-order valence-corrected chi connectivity index (χ3v) is 3.30. The minimum absolute atomic E-state index is 0.0883. The highest BCUT2D eigenvalue weighted by molar-refractivity contribution is 5.43. The molecule has 0 saturated heterocycles. The van der Waals surface area contributed by atoms with Crippen molar-refractivity contribution in [3.8, 4) is 11.8 Å². The normalized spacial score (nSPS) is 10.2. The summed E-state index contributed by atoms with van der Waals surface area (Å²) >= 11 is 0. The molecule has 0 amide bonds. The van der Waals surface area contributed by atoms with E-state index < -0.39 is 0 Å². The second-order valence-electron chi connectivity index (χ2n) is 4.97. The summed E-state index contributed by atoms with van der Waals surface area (Å²) in [5.74, 6) is 0.358. The van der Waals surface area contributed by atoms with Crippen molar-refractivity contribution in [1.29, 1.82) is 5.26 Å². The van der Waals surface area contributed by atoms with Crippen LogP contribution >= 0.6 is 0 Å². The van der Waals surface area contributed by atoms with E-state index in [2.05, 4.69) is 0 Å². The van der Waals surface area contributed by atoms with Gasteiger partial charge in [0.2, 0.25) is 0 Å². The van der Waals surface area contributed by atoms with E-state index in [-0.39, 0.29) is 12.4 Å². The number of nitriles is 1. The molecule has 0 aliphatic rings. The number of benzene rings is 2. The van der Waals surface area contributed by atoms with E-state index >= 15 is 0 Å². The standard InChI is InChI=1S/C17H17FN2O/c1-11-5-14(9-20)6-12(2)17(11)21-10-15-7-13(8-19)3-4-16(15)18/h3-7H,9-10,20H2,1-2H3. The van der Waals surface area contributed by atoms with Gasteiger partial charge in [-0.2, -0.15) is 5.26 Å². The molecule has 0 radical (unpaired) electrons. The van der Waals surface area contributed by atoms with E-state index in [9.17, 15) is 4.39 Å². The fraction of sp³-hybridized carbons (Fsp3) is 0.235. The van der Waals surface area contributed by atoms with Crippen molar-refractivity contribution in [3.05, 3.63) is 64.0 Å². The van der Waals surface area contributed by atoms with Crippen LogP contribution in [0.15, 0.2) is 30.3 Å². The fourth-order valence-corrected chi connectivity index (χ4v) is 2.29. The van der Waals surface area contributed by atoms with Crippen molar-refractivity contribution in [3.63, 3.8) is 0 Å². The van der Waals surface area contributed by atoms with Gasteiger partial charge in [-0.05, 0) is 48.7 Å². The first-order chi connectivity index (χ1) is 10.0. The van der Waals surface area contributed by atoms with Gasteiger partial charge in [-0.25, -0.2) is 4.39 Å². The molecule has 0 unspecified atom stereocenters. The third-order valence-electron chi connectivity index (χ3n) is 3.30. The number of rotatable bonds is 4. The van der Waals surface area contributed by atoms with E-state index in [1.807, 2.05) is 32.0 Å². The van der Waals surface area contributed by atoms with Crippen molar-refractivity contribution in [2.45, 2.75) is 27.0 Å². The second kappa shape index (κ2) is 6.38. The van der Waals surface area contributed by atoms with Crippen LogP contribution in [0.2, 0.25) is 0 Å². The number of nitrogens with two attached hydrogens (primary N) is 1. The molecule has 2 aromatic carbocycles. The van der Waals surface area contributed by atoms with Gasteiger partial charge in [0.1, 0.15) is 18.2 Å². The molecular weight excluding hydrogens is 267 g/mol. The lowest BCUT2D eigenvalue weighted by atomic mass is 10.1. The van der Waals surface area contributed by atoms with E-state index in [1.165, 1.54) is 18.2 Å². The van der Waals surface area contributed by atoms with Crippen LogP contribution in [-0.4, -0.2) is 0 Å². The summed E-state index contributed by atoms with van der Waals surface area (Å²) in [4.78, 5) is 0. The first kappa shape index (κ1) is 15.0. The number of nitrogens with zero attached hydrogens (tertiary/aromatic N) is 1. The maximum Gasteiger partial charge on any atom is 0.129 e. The SMILES string of the molecule is Cc1cc(CN)cc(C)c1OCc1cc(C#N)ccc1F. The molecule has 2 N–H and O–H groups in total. The first-order valence-electron chi connectivity index (χ1n) is 6.66. The maximum atomic E-state index is 13.7. The second-order valence-corrected chi connectivity index (χ2v) is 4.97. The van der Waals surface area contributed by atoms with Crippen LogP contribution in [0.4, 0.5) is 4.39 Å². The molecule has 21 heavy (non-hydrogen) atoms. The van der Waals surface area contributed by atoms with Gasteiger partial charge in [0.25, 0.3) is 0 Å². The highest BCUT2D eigenvalue weighted by Gasteiger charge is 2.09. The minimum atomic E-state index is -0.372. The molecule has 4 heteroatoms. The van der Waals surface area contributed by atoms with Crippen LogP contribution in [0.3, 0.4) is 0 Å². The smallest absolute Gasteiger partial charge is 0.129 e. The molecule has 3 nitrogen and oxygen atoms in total. The molecule has 0 aromatic heterocycles. The van der Waals surface area contributed by atoms with Crippen LogP contribution in [0.5, 0.6) is 5.75 Å². The van der Waals surface area contributed by atoms with Gasteiger partial charge in [-0.3, -0.25) is 0 Å². The topological polar surface area (TPSA) is 59.0 Å². The first-order valence-corrected chi connectivity index (χ1v) is 6.66. The third kappa shape index (κ3) is 3.39. The van der Waals surface area contributed by atoms with Crippen LogP contribution in [-0.2, 0) is 13.2 Å². The van der Waals surface area contributed by atoms with Crippen LogP contribution in [0.25, 0.3) is 0 Å². The van der Waals surface area contributed by atoms with Crippen molar-refractivity contribution in [2.75, 3.05) is 0 Å². The summed E-state index contributed by atoms with van der Waals surface area (Å²) in [6, 6.07) is 10.2. The predicted octanol–water partition coefficient (Wildman–Crippen LogP) is 3.35. The zero-order valence-corrected chi connectivity index (χ0v) is 12.1. The Bertz CT molecular complexity index is 681. The lowest BCUT2D eigenvalue weighted by Crippen LogP contribution is -2.04. The van der Waals surface area contributed by atoms with Gasteiger partial charge < -0.3 is 10.5 Å². The molecule has 0 fully saturated rings. The lowest BCUT2D eigenvalue weighted by molar-refractivity contribution is 0.295. The summed E-state index contributed by atoms with van der Waals surface area (Å²) in [7, 11) is 0. The van der Waals surface area contributed by atoms with Gasteiger partial charge in [0.05, 0.1) is 11.6 Å². The summed E-state index contributed by atoms with van der Waals surface area (Å²) in [6.07, 6.45) is 0. The summed E-state index contributed by atoms with van der Waals surface area (Å²) in [6.45, 7) is 4.43. The molecule has 0 saturated carbocycles. The Morgan fingerprint density at radius 2 is 1.86 bits per heavy atom. The van der Waals surface area contributed by atoms with E-state index in [0.717, 1.165) is 22.4 Å². The van der Waals surface area contributed by atoms with Gasteiger partial charge in [0.15, 0.2) is 0 Å². The highest BCUT2D eigenvalue weighted by atomic mass is 19.1. The number of halogens is 1. The van der Waals surface area contributed by atoms with Gasteiger partial charge in [-0.1, -0.05) is 12.1 Å². The summed E-state index contributed by atoms with van der Waals surface area (Å²) < 4.78 is 19.5. The van der Waals surface area contributed by atoms with E-state index in [0.29, 0.717) is 17.7 Å². The largest absolute Gasteiger partial charge is 0.488 e. The maximum absolute atomic E-state index is 13.7. The molecule has 0 bridgehead atoms. The summed E-state index contributed by atoms with van der Waals surface area (Å²) in [5, 5.41) is 8.86. The van der Waals surface area contributed by atoms with Crippen molar-refractivity contribution < 1.29 is 9.13 Å². The van der Waals surface area contributed by atoms with E-state index in [4.69, 9.17) is 15.7 Å². The van der Waals surface area contributed by atoms with E-state index in [1.54, 1.807) is 0 Å². The molecule has 0 aliphatic heterocycles. The Morgan fingerprint density at radius 3 is 2.43 bits per heavy atom. The summed E-state index contributed by atoms with van der Waals surface area (Å²) in [5.41, 5.74) is 9.39. The average molecular weight is 284 g/mol. The number of ether oxygens (including phenoxy) is 1.